The fraction of sp³-hybridized carbons (Fsp3) is 0.440. The van der Waals surface area contributed by atoms with Crippen LogP contribution in [-0.2, 0) is 12.8 Å². The van der Waals surface area contributed by atoms with Crippen molar-refractivity contribution < 1.29 is 5.11 Å². The van der Waals surface area contributed by atoms with Crippen molar-refractivity contribution in [3.63, 3.8) is 0 Å². The van der Waals surface area contributed by atoms with E-state index in [0.29, 0.717) is 5.82 Å². The minimum Gasteiger partial charge on any atom is -0.493 e. The Morgan fingerprint density at radius 2 is 1.77 bits per heavy atom. The minimum atomic E-state index is 0.257. The fourth-order valence-electron chi connectivity index (χ4n) is 5.05. The molecule has 1 fully saturated rings. The monoisotopic (exact) mass is 417 g/mol. The number of hydrogen-bond donors (Lipinski definition) is 1. The number of benzene rings is 1. The van der Waals surface area contributed by atoms with E-state index < -0.39 is 0 Å². The zero-order valence-corrected chi connectivity index (χ0v) is 18.0. The Balaban J connectivity index is 1.21. The molecule has 1 N–H and O–H groups in total. The van der Waals surface area contributed by atoms with Crippen LogP contribution in [0.5, 0.6) is 5.88 Å². The van der Waals surface area contributed by atoms with Crippen molar-refractivity contribution in [1.82, 2.24) is 24.6 Å². The molecule has 3 heterocycles. The van der Waals surface area contributed by atoms with Crippen LogP contribution in [-0.4, -0.2) is 62.4 Å². The molecule has 2 aliphatic rings. The summed E-state index contributed by atoms with van der Waals surface area (Å²) in [6, 6.07) is 16.7. The number of nitrogens with zero attached hydrogens (tertiary/aromatic N) is 5. The number of rotatable bonds is 6. The van der Waals surface area contributed by atoms with Crippen molar-refractivity contribution in [2.24, 2.45) is 0 Å². The van der Waals surface area contributed by atoms with Gasteiger partial charge in [0.2, 0.25) is 5.88 Å². The second kappa shape index (κ2) is 9.20. The molecule has 0 bridgehead atoms. The van der Waals surface area contributed by atoms with E-state index in [-0.39, 0.29) is 11.9 Å². The lowest BCUT2D eigenvalue weighted by Gasteiger charge is -2.40. The normalized spacial score (nSPS) is 19.9. The predicted molar refractivity (Wildman–Crippen MR) is 121 cm³/mol. The molecule has 6 heteroatoms. The average Bonchev–Trinajstić information content (AvgIpc) is 3.17. The van der Waals surface area contributed by atoms with Crippen molar-refractivity contribution in [3.05, 3.63) is 71.5 Å². The zero-order valence-electron chi connectivity index (χ0n) is 18.0. The molecule has 162 valence electrons. The van der Waals surface area contributed by atoms with Crippen LogP contribution < -0.4 is 0 Å². The molecule has 0 amide bonds. The van der Waals surface area contributed by atoms with E-state index in [1.165, 1.54) is 12.0 Å². The summed E-state index contributed by atoms with van der Waals surface area (Å²) in [5.41, 5.74) is 3.48. The first-order valence-electron chi connectivity index (χ1n) is 11.5. The molecule has 1 saturated heterocycles. The number of aromatic nitrogens is 3. The number of pyridine rings is 1. The van der Waals surface area contributed by atoms with Gasteiger partial charge in [-0.2, -0.15) is 9.78 Å². The Morgan fingerprint density at radius 1 is 0.968 bits per heavy atom. The van der Waals surface area contributed by atoms with Crippen LogP contribution in [0.15, 0.2) is 54.7 Å². The van der Waals surface area contributed by atoms with Crippen LogP contribution in [0.1, 0.15) is 42.1 Å². The Hall–Kier alpha value is -2.70. The summed E-state index contributed by atoms with van der Waals surface area (Å²) in [6.07, 6.45) is 7.22. The molecule has 5 rings (SSSR count). The molecule has 1 aromatic carbocycles. The van der Waals surface area contributed by atoms with Crippen LogP contribution in [0.2, 0.25) is 0 Å². The van der Waals surface area contributed by atoms with Gasteiger partial charge < -0.3 is 10.0 Å². The highest BCUT2D eigenvalue weighted by molar-refractivity contribution is 5.40. The van der Waals surface area contributed by atoms with Gasteiger partial charge in [-0.1, -0.05) is 36.4 Å². The van der Waals surface area contributed by atoms with Crippen LogP contribution in [0, 0.1) is 0 Å². The summed E-state index contributed by atoms with van der Waals surface area (Å²) in [4.78, 5) is 9.51. The number of hydrogen-bond acceptors (Lipinski definition) is 5. The highest BCUT2D eigenvalue weighted by atomic mass is 16.3. The Kier molecular flexibility index (Phi) is 6.00. The lowest BCUT2D eigenvalue weighted by atomic mass is 9.91. The van der Waals surface area contributed by atoms with Gasteiger partial charge in [0.15, 0.2) is 5.82 Å². The molecule has 6 nitrogen and oxygen atoms in total. The molecule has 1 aliphatic heterocycles. The maximum atomic E-state index is 11.0. The molecule has 0 spiro atoms. The van der Waals surface area contributed by atoms with Gasteiger partial charge >= 0.3 is 0 Å². The van der Waals surface area contributed by atoms with Gasteiger partial charge in [0.25, 0.3) is 0 Å². The first-order valence-corrected chi connectivity index (χ1v) is 11.5. The topological polar surface area (TPSA) is 57.4 Å². The molecule has 31 heavy (non-hydrogen) atoms. The predicted octanol–water partition coefficient (Wildman–Crippen LogP) is 3.60. The Labute approximate surface area is 184 Å². The van der Waals surface area contributed by atoms with Crippen LogP contribution in [0.4, 0.5) is 0 Å². The second-order valence-corrected chi connectivity index (χ2v) is 8.66. The maximum Gasteiger partial charge on any atom is 0.220 e. The molecule has 1 atom stereocenters. The van der Waals surface area contributed by atoms with Crippen molar-refractivity contribution in [1.29, 1.82) is 0 Å². The molecular weight excluding hydrogens is 386 g/mol. The van der Waals surface area contributed by atoms with E-state index in [1.807, 2.05) is 18.2 Å². The summed E-state index contributed by atoms with van der Waals surface area (Å²) in [6.45, 7) is 5.43. The molecule has 1 unspecified atom stereocenters. The first kappa shape index (κ1) is 20.2. The highest BCUT2D eigenvalue weighted by Crippen LogP contribution is 2.40. The lowest BCUT2D eigenvalue weighted by molar-refractivity contribution is 0.0863. The van der Waals surface area contributed by atoms with Crippen molar-refractivity contribution >= 4 is 0 Å². The standard InChI is InChI=1S/C25H31N5O/c31-25-24-21(27-30(25)23-13-4-5-14-26-23)11-6-12-22(24)29-18-16-28(17-19-29)15-7-10-20-8-2-1-3-9-20/h1-5,8-9,13-14,22,31H,6-7,10-12,15-19H2. The van der Waals surface area contributed by atoms with Gasteiger partial charge in [-0.3, -0.25) is 4.90 Å². The summed E-state index contributed by atoms with van der Waals surface area (Å²) in [5.74, 6) is 0.945. The molecule has 0 saturated carbocycles. The molecular formula is C25H31N5O. The SMILES string of the molecule is Oc1c2c(nn1-c1ccccn1)CCCC2N1CCN(CCCc2ccccc2)CC1. The minimum absolute atomic E-state index is 0.257. The van der Waals surface area contributed by atoms with Crippen LogP contribution in [0.25, 0.3) is 5.82 Å². The smallest absolute Gasteiger partial charge is 0.220 e. The third-order valence-corrected chi connectivity index (χ3v) is 6.69. The van der Waals surface area contributed by atoms with Gasteiger partial charge in [0.1, 0.15) is 0 Å². The highest BCUT2D eigenvalue weighted by Gasteiger charge is 2.34. The summed E-state index contributed by atoms with van der Waals surface area (Å²) in [7, 11) is 0. The maximum absolute atomic E-state index is 11.0. The molecule has 2 aromatic heterocycles. The van der Waals surface area contributed by atoms with Crippen molar-refractivity contribution in [2.75, 3.05) is 32.7 Å². The largest absolute Gasteiger partial charge is 0.493 e. The van der Waals surface area contributed by atoms with Crippen molar-refractivity contribution in [3.8, 4) is 11.7 Å². The third kappa shape index (κ3) is 4.36. The van der Waals surface area contributed by atoms with E-state index in [0.717, 1.165) is 69.7 Å². The lowest BCUT2D eigenvalue weighted by Crippen LogP contribution is -2.48. The van der Waals surface area contributed by atoms with Crippen LogP contribution in [0.3, 0.4) is 0 Å². The van der Waals surface area contributed by atoms with Crippen molar-refractivity contribution in [2.45, 2.75) is 38.1 Å². The molecule has 0 radical (unpaired) electrons. The second-order valence-electron chi connectivity index (χ2n) is 8.66. The quantitative estimate of drug-likeness (QED) is 0.664. The van der Waals surface area contributed by atoms with E-state index in [4.69, 9.17) is 5.10 Å². The zero-order chi connectivity index (χ0) is 21.0. The first-order chi connectivity index (χ1) is 15.3. The van der Waals surface area contributed by atoms with E-state index in [1.54, 1.807) is 10.9 Å². The average molecular weight is 418 g/mol. The van der Waals surface area contributed by atoms with E-state index in [2.05, 4.69) is 45.1 Å². The summed E-state index contributed by atoms with van der Waals surface area (Å²) >= 11 is 0. The number of aromatic hydroxyl groups is 1. The number of fused-ring (bicyclic) bond motifs is 1. The van der Waals surface area contributed by atoms with Gasteiger partial charge in [-0.25, -0.2) is 4.98 Å². The summed E-state index contributed by atoms with van der Waals surface area (Å²) in [5, 5.41) is 15.7. The molecule has 3 aromatic rings. The number of piperazine rings is 1. The van der Waals surface area contributed by atoms with E-state index >= 15 is 0 Å². The van der Waals surface area contributed by atoms with Gasteiger partial charge in [0, 0.05) is 38.4 Å². The van der Waals surface area contributed by atoms with Gasteiger partial charge in [0.05, 0.1) is 11.3 Å². The Morgan fingerprint density at radius 3 is 2.55 bits per heavy atom. The third-order valence-electron chi connectivity index (χ3n) is 6.69. The fourth-order valence-corrected chi connectivity index (χ4v) is 5.05. The molecule has 1 aliphatic carbocycles. The van der Waals surface area contributed by atoms with Gasteiger partial charge in [-0.05, 0) is 56.3 Å². The summed E-state index contributed by atoms with van der Waals surface area (Å²) < 4.78 is 1.61. The van der Waals surface area contributed by atoms with E-state index in [9.17, 15) is 5.11 Å². The van der Waals surface area contributed by atoms with Gasteiger partial charge in [-0.15, -0.1) is 0 Å². The Bertz CT molecular complexity index is 980. The van der Waals surface area contributed by atoms with Crippen LogP contribution >= 0.6 is 0 Å². The number of aryl methyl sites for hydroxylation is 2.